The van der Waals surface area contributed by atoms with Crippen molar-refractivity contribution in [3.05, 3.63) is 119 Å². The van der Waals surface area contributed by atoms with E-state index in [1.807, 2.05) is 0 Å². The van der Waals surface area contributed by atoms with Crippen LogP contribution in [-0.4, -0.2) is 55.1 Å². The van der Waals surface area contributed by atoms with Crippen molar-refractivity contribution in [2.24, 2.45) is 0 Å². The van der Waals surface area contributed by atoms with Crippen molar-refractivity contribution < 1.29 is 37.7 Å². The first kappa shape index (κ1) is 31.7. The lowest BCUT2D eigenvalue weighted by molar-refractivity contribution is -0.137. The molecule has 4 aromatic carbocycles. The normalized spacial score (nSPS) is 10.6. The topological polar surface area (TPSA) is 105 Å². The van der Waals surface area contributed by atoms with E-state index in [1.165, 1.54) is 18.1 Å². The molecule has 0 spiro atoms. The molecule has 10 heteroatoms. The van der Waals surface area contributed by atoms with Crippen LogP contribution in [-0.2, 0) is 17.8 Å². The molecule has 2 N–H and O–H groups in total. The van der Waals surface area contributed by atoms with E-state index >= 15 is 0 Å². The second-order valence-electron chi connectivity index (χ2n) is 9.84. The average Bonchev–Trinajstić information content (AvgIpc) is 3.03. The molecule has 0 saturated heterocycles. The second-order valence-corrected chi connectivity index (χ2v) is 9.84. The number of hydrogen-bond acceptors (Lipinski definition) is 5. The summed E-state index contributed by atoms with van der Waals surface area (Å²) in [5.74, 6) is -2.40. The molecule has 0 fully saturated rings. The fourth-order valence-electron chi connectivity index (χ4n) is 4.83. The molecular formula is C34H32F2N2O6. The fraction of sp³-hybridized carbons (Fsp3) is 0.206. The molecule has 0 heterocycles. The number of hydrogen-bond donors (Lipinski definition) is 2. The highest BCUT2D eigenvalue weighted by Crippen LogP contribution is 2.29. The van der Waals surface area contributed by atoms with Gasteiger partial charge in [-0.2, -0.15) is 0 Å². The molecule has 0 saturated carbocycles. The van der Waals surface area contributed by atoms with Gasteiger partial charge in [-0.3, -0.25) is 14.4 Å². The predicted molar refractivity (Wildman–Crippen MR) is 161 cm³/mol. The van der Waals surface area contributed by atoms with Crippen LogP contribution >= 0.6 is 0 Å². The first-order valence-corrected chi connectivity index (χ1v) is 13.8. The van der Waals surface area contributed by atoms with Crippen LogP contribution in [0, 0.1) is 11.6 Å². The minimum atomic E-state index is -1.05. The SMILES string of the molecule is COc1ccc(OC)c(CCN(CCC(=O)O)C(=O)c2ccccc2-c2ccccc2C(=O)NCc2c(F)cccc2F)c1. The molecule has 4 rings (SSSR count). The first-order chi connectivity index (χ1) is 21.2. The Morgan fingerprint density at radius 1 is 0.795 bits per heavy atom. The molecule has 4 aromatic rings. The van der Waals surface area contributed by atoms with Crippen molar-refractivity contribution in [1.29, 1.82) is 0 Å². The van der Waals surface area contributed by atoms with Gasteiger partial charge in [-0.25, -0.2) is 8.78 Å². The summed E-state index contributed by atoms with van der Waals surface area (Å²) in [5.41, 5.74) is 1.84. The zero-order valence-electron chi connectivity index (χ0n) is 24.3. The van der Waals surface area contributed by atoms with Crippen LogP contribution < -0.4 is 14.8 Å². The number of carboxylic acid groups (broad SMARTS) is 1. The van der Waals surface area contributed by atoms with E-state index in [9.17, 15) is 28.3 Å². The van der Waals surface area contributed by atoms with E-state index in [4.69, 9.17) is 9.47 Å². The Kier molecular flexibility index (Phi) is 10.6. The zero-order chi connectivity index (χ0) is 31.6. The molecule has 0 atom stereocenters. The van der Waals surface area contributed by atoms with Gasteiger partial charge in [-0.1, -0.05) is 42.5 Å². The Labute approximate surface area is 253 Å². The lowest BCUT2D eigenvalue weighted by Crippen LogP contribution is -2.35. The number of halogens is 2. The maximum absolute atomic E-state index is 14.1. The molecule has 228 valence electrons. The molecule has 0 radical (unpaired) electrons. The number of rotatable bonds is 13. The van der Waals surface area contributed by atoms with Crippen LogP contribution in [0.1, 0.15) is 38.3 Å². The van der Waals surface area contributed by atoms with Crippen LogP contribution in [0.25, 0.3) is 11.1 Å². The first-order valence-electron chi connectivity index (χ1n) is 13.8. The van der Waals surface area contributed by atoms with Crippen molar-refractivity contribution in [2.45, 2.75) is 19.4 Å². The maximum Gasteiger partial charge on any atom is 0.305 e. The van der Waals surface area contributed by atoms with Gasteiger partial charge in [0.2, 0.25) is 0 Å². The van der Waals surface area contributed by atoms with Gasteiger partial charge in [0, 0.05) is 36.3 Å². The molecule has 44 heavy (non-hydrogen) atoms. The number of aliphatic carboxylic acids is 1. The molecule has 0 aliphatic heterocycles. The third-order valence-electron chi connectivity index (χ3n) is 7.13. The fourth-order valence-corrected chi connectivity index (χ4v) is 4.83. The summed E-state index contributed by atoms with van der Waals surface area (Å²) in [6.07, 6.45) is 0.0915. The number of nitrogens with one attached hydrogen (secondary N) is 1. The van der Waals surface area contributed by atoms with Crippen LogP contribution in [0.2, 0.25) is 0 Å². The number of ether oxygens (including phenoxy) is 2. The third-order valence-corrected chi connectivity index (χ3v) is 7.13. The number of benzene rings is 4. The number of methoxy groups -OCH3 is 2. The van der Waals surface area contributed by atoms with Crippen molar-refractivity contribution in [3.63, 3.8) is 0 Å². The lowest BCUT2D eigenvalue weighted by Gasteiger charge is -2.24. The second kappa shape index (κ2) is 14.8. The van der Waals surface area contributed by atoms with E-state index < -0.39 is 29.4 Å². The molecule has 0 unspecified atom stereocenters. The van der Waals surface area contributed by atoms with Crippen LogP contribution in [0.4, 0.5) is 8.78 Å². The number of carbonyl (C=O) groups excluding carboxylic acids is 2. The Hall–Kier alpha value is -5.25. The largest absolute Gasteiger partial charge is 0.497 e. The highest BCUT2D eigenvalue weighted by Gasteiger charge is 2.23. The summed E-state index contributed by atoms with van der Waals surface area (Å²) < 4.78 is 39.1. The minimum absolute atomic E-state index is 0.0505. The van der Waals surface area contributed by atoms with Gasteiger partial charge < -0.3 is 24.8 Å². The van der Waals surface area contributed by atoms with Gasteiger partial charge in [-0.15, -0.1) is 0 Å². The quantitative estimate of drug-likeness (QED) is 0.202. The van der Waals surface area contributed by atoms with Gasteiger partial charge in [-0.05, 0) is 65.6 Å². The van der Waals surface area contributed by atoms with Gasteiger partial charge >= 0.3 is 5.97 Å². The highest BCUT2D eigenvalue weighted by molar-refractivity contribution is 6.06. The molecule has 8 nitrogen and oxygen atoms in total. The van der Waals surface area contributed by atoms with Gasteiger partial charge in [0.25, 0.3) is 11.8 Å². The van der Waals surface area contributed by atoms with Gasteiger partial charge in [0.1, 0.15) is 23.1 Å². The number of nitrogens with zero attached hydrogens (tertiary/aromatic N) is 1. The Balaban J connectivity index is 1.63. The van der Waals surface area contributed by atoms with Crippen molar-refractivity contribution >= 4 is 17.8 Å². The standard InChI is InChI=1S/C34H32F2N2O6/c1-43-23-14-15-31(44-2)22(20-23)16-18-38(19-17-32(39)40)34(42)27-11-6-4-9-25(27)24-8-3-5-10-26(24)33(41)37-21-28-29(35)12-7-13-30(28)36/h3-15,20H,16-19,21H2,1-2H3,(H,37,41)(H,39,40). The Morgan fingerprint density at radius 3 is 2.07 bits per heavy atom. The van der Waals surface area contributed by atoms with E-state index in [-0.39, 0.29) is 42.7 Å². The maximum atomic E-state index is 14.1. The molecule has 0 aliphatic rings. The van der Waals surface area contributed by atoms with Crippen LogP contribution in [0.3, 0.4) is 0 Å². The smallest absolute Gasteiger partial charge is 0.305 e. The van der Waals surface area contributed by atoms with E-state index in [1.54, 1.807) is 73.8 Å². The van der Waals surface area contributed by atoms with Crippen LogP contribution in [0.5, 0.6) is 11.5 Å². The zero-order valence-corrected chi connectivity index (χ0v) is 24.3. The van der Waals surface area contributed by atoms with Gasteiger partial charge in [0.15, 0.2) is 0 Å². The lowest BCUT2D eigenvalue weighted by atomic mass is 9.94. The van der Waals surface area contributed by atoms with Crippen molar-refractivity contribution in [1.82, 2.24) is 10.2 Å². The Bertz CT molecular complexity index is 1640. The molecule has 2 amide bonds. The van der Waals surface area contributed by atoms with E-state index in [2.05, 4.69) is 5.32 Å². The number of carboxylic acids is 1. The summed E-state index contributed by atoms with van der Waals surface area (Å²) in [7, 11) is 3.08. The number of amides is 2. The summed E-state index contributed by atoms with van der Waals surface area (Å²) >= 11 is 0. The molecule has 0 aliphatic carbocycles. The minimum Gasteiger partial charge on any atom is -0.497 e. The molecule has 0 bridgehead atoms. The highest BCUT2D eigenvalue weighted by atomic mass is 19.1. The average molecular weight is 603 g/mol. The molecule has 0 aromatic heterocycles. The monoisotopic (exact) mass is 602 g/mol. The predicted octanol–water partition coefficient (Wildman–Crippen LogP) is 5.74. The Morgan fingerprint density at radius 2 is 1.43 bits per heavy atom. The van der Waals surface area contributed by atoms with Gasteiger partial charge in [0.05, 0.1) is 20.6 Å². The van der Waals surface area contributed by atoms with Crippen LogP contribution in [0.15, 0.2) is 84.9 Å². The summed E-state index contributed by atoms with van der Waals surface area (Å²) in [6, 6.07) is 22.1. The van der Waals surface area contributed by atoms with E-state index in [0.29, 0.717) is 29.0 Å². The van der Waals surface area contributed by atoms with E-state index in [0.717, 1.165) is 17.7 Å². The van der Waals surface area contributed by atoms with Crippen molar-refractivity contribution in [3.8, 4) is 22.6 Å². The summed E-state index contributed by atoms with van der Waals surface area (Å²) in [5, 5.41) is 12.0. The molecular weight excluding hydrogens is 570 g/mol. The number of carbonyl (C=O) groups is 3. The third kappa shape index (κ3) is 7.57. The van der Waals surface area contributed by atoms with Crippen molar-refractivity contribution in [2.75, 3.05) is 27.3 Å². The summed E-state index contributed by atoms with van der Waals surface area (Å²) in [4.78, 5) is 40.2. The summed E-state index contributed by atoms with van der Waals surface area (Å²) in [6.45, 7) is -0.242.